The van der Waals surface area contributed by atoms with Crippen LogP contribution >= 0.6 is 0 Å². The van der Waals surface area contributed by atoms with Crippen molar-refractivity contribution in [1.82, 2.24) is 15.5 Å². The van der Waals surface area contributed by atoms with Gasteiger partial charge in [0.25, 0.3) is 0 Å². The number of fused-ring (bicyclic) bond motifs is 1. The van der Waals surface area contributed by atoms with E-state index in [0.29, 0.717) is 6.04 Å². The van der Waals surface area contributed by atoms with Crippen molar-refractivity contribution in [3.05, 3.63) is 30.3 Å². The van der Waals surface area contributed by atoms with Crippen LogP contribution in [0.3, 0.4) is 0 Å². The smallest absolute Gasteiger partial charge is 0.191 e. The Hall–Kier alpha value is -1.79. The monoisotopic (exact) mass is 387 g/mol. The second-order valence-corrected chi connectivity index (χ2v) is 7.66. The maximum atomic E-state index is 6.03. The van der Waals surface area contributed by atoms with Crippen LogP contribution in [0.1, 0.15) is 33.1 Å². The molecule has 2 aliphatic heterocycles. The quantitative estimate of drug-likeness (QED) is 0.387. The lowest BCUT2D eigenvalue weighted by Gasteiger charge is -2.34. The van der Waals surface area contributed by atoms with Crippen molar-refractivity contribution in [1.29, 1.82) is 0 Å². The molecule has 0 bridgehead atoms. The number of ether oxygens (including phenoxy) is 1. The van der Waals surface area contributed by atoms with Crippen molar-refractivity contribution >= 4 is 11.6 Å². The van der Waals surface area contributed by atoms with E-state index in [1.165, 1.54) is 25.1 Å². The molecule has 28 heavy (non-hydrogen) atoms. The number of morpholine rings is 1. The van der Waals surface area contributed by atoms with Gasteiger partial charge in [0.1, 0.15) is 0 Å². The molecule has 2 heterocycles. The minimum Gasteiger partial charge on any atom is -0.373 e. The van der Waals surface area contributed by atoms with E-state index < -0.39 is 0 Å². The summed E-state index contributed by atoms with van der Waals surface area (Å²) in [7, 11) is 0. The summed E-state index contributed by atoms with van der Waals surface area (Å²) in [5.74, 6) is 0.900. The first-order valence-electron chi connectivity index (χ1n) is 11.0. The Morgan fingerprint density at radius 3 is 2.89 bits per heavy atom. The van der Waals surface area contributed by atoms with Crippen molar-refractivity contribution in [2.75, 3.05) is 57.3 Å². The largest absolute Gasteiger partial charge is 0.373 e. The van der Waals surface area contributed by atoms with Gasteiger partial charge in [0.15, 0.2) is 5.96 Å². The van der Waals surface area contributed by atoms with Gasteiger partial charge in [-0.2, -0.15) is 0 Å². The van der Waals surface area contributed by atoms with Gasteiger partial charge in [0, 0.05) is 44.5 Å². The number of benzene rings is 1. The van der Waals surface area contributed by atoms with Crippen LogP contribution in [-0.2, 0) is 4.74 Å². The molecule has 6 heteroatoms. The van der Waals surface area contributed by atoms with Crippen LogP contribution in [0.4, 0.5) is 5.69 Å². The molecule has 0 amide bonds. The molecular formula is C22H37N5O. The van der Waals surface area contributed by atoms with Crippen molar-refractivity contribution in [3.63, 3.8) is 0 Å². The van der Waals surface area contributed by atoms with Crippen LogP contribution in [0.15, 0.2) is 35.3 Å². The first-order chi connectivity index (χ1) is 13.8. The highest BCUT2D eigenvalue weighted by Crippen LogP contribution is 2.22. The fourth-order valence-electron chi connectivity index (χ4n) is 4.12. The van der Waals surface area contributed by atoms with Gasteiger partial charge in [0.05, 0.1) is 19.3 Å². The lowest BCUT2D eigenvalue weighted by atomic mass is 10.2. The van der Waals surface area contributed by atoms with Crippen LogP contribution in [0.5, 0.6) is 0 Å². The molecule has 3 rings (SSSR count). The number of anilines is 1. The summed E-state index contributed by atoms with van der Waals surface area (Å²) in [4.78, 5) is 9.76. The van der Waals surface area contributed by atoms with Gasteiger partial charge < -0.3 is 20.3 Å². The number of para-hydroxylation sites is 1. The summed E-state index contributed by atoms with van der Waals surface area (Å²) < 4.78 is 6.03. The lowest BCUT2D eigenvalue weighted by Crippen LogP contribution is -2.47. The van der Waals surface area contributed by atoms with E-state index in [9.17, 15) is 0 Å². The summed E-state index contributed by atoms with van der Waals surface area (Å²) in [6, 6.07) is 11.3. The van der Waals surface area contributed by atoms with Gasteiger partial charge >= 0.3 is 0 Å². The van der Waals surface area contributed by atoms with E-state index >= 15 is 0 Å². The van der Waals surface area contributed by atoms with E-state index in [1.54, 1.807) is 0 Å². The highest BCUT2D eigenvalue weighted by atomic mass is 16.5. The Kier molecular flexibility index (Phi) is 8.42. The number of rotatable bonds is 9. The molecule has 156 valence electrons. The molecule has 0 radical (unpaired) electrons. The molecule has 0 aliphatic carbocycles. The number of nitrogens with one attached hydrogen (secondary N) is 2. The van der Waals surface area contributed by atoms with Crippen molar-refractivity contribution < 1.29 is 4.74 Å². The molecule has 0 spiro atoms. The molecule has 0 aromatic heterocycles. The SMILES string of the molecule is CCNC(=NCC1CN2CCCC2CO1)NCCCN(CC)c1ccccc1. The van der Waals surface area contributed by atoms with Gasteiger partial charge in [-0.15, -0.1) is 0 Å². The van der Waals surface area contributed by atoms with Gasteiger partial charge in [0.2, 0.25) is 0 Å². The Balaban J connectivity index is 1.40. The maximum Gasteiger partial charge on any atom is 0.191 e. The zero-order chi connectivity index (χ0) is 19.6. The summed E-state index contributed by atoms with van der Waals surface area (Å²) in [6.45, 7) is 12.0. The van der Waals surface area contributed by atoms with Gasteiger partial charge in [-0.3, -0.25) is 9.89 Å². The molecule has 1 aromatic rings. The second kappa shape index (κ2) is 11.3. The average Bonchev–Trinajstić information content (AvgIpc) is 3.20. The van der Waals surface area contributed by atoms with Crippen molar-refractivity contribution in [2.45, 2.75) is 45.3 Å². The van der Waals surface area contributed by atoms with Gasteiger partial charge in [-0.1, -0.05) is 18.2 Å². The van der Waals surface area contributed by atoms with E-state index in [-0.39, 0.29) is 6.10 Å². The van der Waals surface area contributed by atoms with E-state index in [0.717, 1.165) is 58.3 Å². The van der Waals surface area contributed by atoms with E-state index in [4.69, 9.17) is 9.73 Å². The van der Waals surface area contributed by atoms with Gasteiger partial charge in [-0.25, -0.2) is 0 Å². The number of hydrogen-bond acceptors (Lipinski definition) is 4. The summed E-state index contributed by atoms with van der Waals surface area (Å²) in [6.07, 6.45) is 3.89. The molecule has 6 nitrogen and oxygen atoms in total. The van der Waals surface area contributed by atoms with Crippen molar-refractivity contribution in [3.8, 4) is 0 Å². The van der Waals surface area contributed by atoms with Crippen LogP contribution in [-0.4, -0.2) is 75.4 Å². The first-order valence-corrected chi connectivity index (χ1v) is 11.0. The normalized spacial score (nSPS) is 22.7. The van der Waals surface area contributed by atoms with Crippen LogP contribution in [0, 0.1) is 0 Å². The molecular weight excluding hydrogens is 350 g/mol. The predicted molar refractivity (Wildman–Crippen MR) is 117 cm³/mol. The molecule has 2 fully saturated rings. The minimum absolute atomic E-state index is 0.221. The Bertz CT molecular complexity index is 594. The van der Waals surface area contributed by atoms with Crippen LogP contribution in [0.25, 0.3) is 0 Å². The Morgan fingerprint density at radius 1 is 1.25 bits per heavy atom. The number of hydrogen-bond donors (Lipinski definition) is 2. The fraction of sp³-hybridized carbons (Fsp3) is 0.682. The van der Waals surface area contributed by atoms with E-state index in [1.807, 2.05) is 0 Å². The number of aliphatic imine (C=N–C) groups is 1. The maximum absolute atomic E-state index is 6.03. The summed E-state index contributed by atoms with van der Waals surface area (Å²) in [5, 5.41) is 6.84. The Morgan fingerprint density at radius 2 is 2.11 bits per heavy atom. The highest BCUT2D eigenvalue weighted by Gasteiger charge is 2.31. The predicted octanol–water partition coefficient (Wildman–Crippen LogP) is 2.32. The van der Waals surface area contributed by atoms with Gasteiger partial charge in [-0.05, 0) is 51.8 Å². The zero-order valence-corrected chi connectivity index (χ0v) is 17.6. The van der Waals surface area contributed by atoms with Crippen molar-refractivity contribution in [2.24, 2.45) is 4.99 Å². The highest BCUT2D eigenvalue weighted by molar-refractivity contribution is 5.79. The third kappa shape index (κ3) is 6.11. The molecule has 1 aromatic carbocycles. The lowest BCUT2D eigenvalue weighted by molar-refractivity contribution is -0.0432. The molecule has 2 unspecified atom stereocenters. The van der Waals surface area contributed by atoms with E-state index in [2.05, 4.69) is 64.6 Å². The summed E-state index contributed by atoms with van der Waals surface area (Å²) >= 11 is 0. The molecule has 2 atom stereocenters. The third-order valence-corrected chi connectivity index (χ3v) is 5.66. The molecule has 0 saturated carbocycles. The number of nitrogens with zero attached hydrogens (tertiary/aromatic N) is 3. The molecule has 2 aliphatic rings. The minimum atomic E-state index is 0.221. The Labute approximate surface area is 170 Å². The zero-order valence-electron chi connectivity index (χ0n) is 17.6. The van der Waals surface area contributed by atoms with Crippen LogP contribution in [0.2, 0.25) is 0 Å². The topological polar surface area (TPSA) is 52.1 Å². The van der Waals surface area contributed by atoms with Crippen LogP contribution < -0.4 is 15.5 Å². The fourth-order valence-corrected chi connectivity index (χ4v) is 4.12. The molecule has 2 saturated heterocycles. The standard InChI is InChI=1S/C22H37N5O/c1-3-23-22(25-16-21-17-27-14-8-12-20(27)18-28-21)24-13-9-15-26(4-2)19-10-6-5-7-11-19/h5-7,10-11,20-21H,3-4,8-9,12-18H2,1-2H3,(H2,23,24,25). The average molecular weight is 388 g/mol. The second-order valence-electron chi connectivity index (χ2n) is 7.66. The number of guanidine groups is 1. The molecule has 2 N–H and O–H groups in total. The third-order valence-electron chi connectivity index (χ3n) is 5.66. The summed E-state index contributed by atoms with van der Waals surface area (Å²) in [5.41, 5.74) is 1.29. The first kappa shape index (κ1) is 20.9.